The maximum absolute atomic E-state index is 12.8. The molecule has 1 aromatic heterocycles. The summed E-state index contributed by atoms with van der Waals surface area (Å²) in [6.07, 6.45) is -0.657. The van der Waals surface area contributed by atoms with Gasteiger partial charge < -0.3 is 10.1 Å². The van der Waals surface area contributed by atoms with Crippen molar-refractivity contribution in [3.8, 4) is 0 Å². The number of alkyl halides is 3. The molecule has 2 aromatic rings. The van der Waals surface area contributed by atoms with Crippen LogP contribution in [-0.4, -0.2) is 34.7 Å². The average Bonchev–Trinajstić information content (AvgIpc) is 3.07. The molecule has 9 heteroatoms. The summed E-state index contributed by atoms with van der Waals surface area (Å²) in [5.74, 6) is -0.763. The van der Waals surface area contributed by atoms with Crippen LogP contribution in [0.3, 0.4) is 0 Å². The van der Waals surface area contributed by atoms with Crippen molar-refractivity contribution in [2.24, 2.45) is 0 Å². The van der Waals surface area contributed by atoms with Crippen LogP contribution in [0.4, 0.5) is 18.0 Å². The number of methoxy groups -OCH3 is 1. The number of amides is 1. The largest absolute Gasteiger partial charge is 0.467 e. The maximum atomic E-state index is 12.8. The molecule has 1 heterocycles. The Kier molecular flexibility index (Phi) is 5.22. The number of nitrogens with one attached hydrogen (secondary N) is 1. The fourth-order valence-corrected chi connectivity index (χ4v) is 2.05. The first-order valence-electron chi connectivity index (χ1n) is 6.84. The van der Waals surface area contributed by atoms with Gasteiger partial charge in [-0.1, -0.05) is 18.2 Å². The molecule has 0 aliphatic rings. The van der Waals surface area contributed by atoms with Gasteiger partial charge in [-0.05, 0) is 11.6 Å². The van der Waals surface area contributed by atoms with Crippen molar-refractivity contribution in [1.29, 1.82) is 0 Å². The van der Waals surface area contributed by atoms with Gasteiger partial charge >= 0.3 is 18.2 Å². The summed E-state index contributed by atoms with van der Waals surface area (Å²) in [5.41, 5.74) is -0.587. The van der Waals surface area contributed by atoms with Gasteiger partial charge in [-0.25, -0.2) is 14.6 Å². The molecule has 128 valence electrons. The van der Waals surface area contributed by atoms with Crippen LogP contribution in [0.15, 0.2) is 43.0 Å². The zero-order chi connectivity index (χ0) is 17.7. The zero-order valence-corrected chi connectivity index (χ0v) is 12.6. The molecule has 1 atom stereocenters. The molecule has 0 saturated heterocycles. The van der Waals surface area contributed by atoms with Crippen molar-refractivity contribution in [1.82, 2.24) is 14.9 Å². The number of hydrogen-bond acceptors (Lipinski definition) is 4. The minimum atomic E-state index is -4.49. The predicted molar refractivity (Wildman–Crippen MR) is 77.1 cm³/mol. The summed E-state index contributed by atoms with van der Waals surface area (Å²) in [7, 11) is 1.13. The van der Waals surface area contributed by atoms with Crippen LogP contribution in [0.25, 0.3) is 0 Å². The molecule has 1 amide bonds. The maximum Gasteiger partial charge on any atom is 0.416 e. The predicted octanol–water partition coefficient (Wildman–Crippen LogP) is 2.24. The number of esters is 1. The molecule has 1 N–H and O–H groups in total. The molecule has 2 rings (SSSR count). The van der Waals surface area contributed by atoms with Crippen LogP contribution < -0.4 is 5.32 Å². The fourth-order valence-electron chi connectivity index (χ4n) is 2.05. The van der Waals surface area contributed by atoms with Crippen LogP contribution in [0.1, 0.15) is 11.1 Å². The highest BCUT2D eigenvalue weighted by molar-refractivity contribution is 5.84. The zero-order valence-electron chi connectivity index (χ0n) is 12.6. The van der Waals surface area contributed by atoms with Gasteiger partial charge in [-0.2, -0.15) is 13.2 Å². The van der Waals surface area contributed by atoms with Crippen molar-refractivity contribution in [3.63, 3.8) is 0 Å². The van der Waals surface area contributed by atoms with Crippen molar-refractivity contribution >= 4 is 12.0 Å². The van der Waals surface area contributed by atoms with Gasteiger partial charge in [0, 0.05) is 18.8 Å². The third-order valence-corrected chi connectivity index (χ3v) is 3.22. The molecule has 0 unspecified atom stereocenters. The normalized spacial score (nSPS) is 12.5. The summed E-state index contributed by atoms with van der Waals surface area (Å²) in [6, 6.07) is 2.77. The molecule has 0 fully saturated rings. The first-order chi connectivity index (χ1) is 11.3. The van der Waals surface area contributed by atoms with E-state index in [0.717, 1.165) is 23.8 Å². The highest BCUT2D eigenvalue weighted by Crippen LogP contribution is 2.29. The Morgan fingerprint density at radius 2 is 2.12 bits per heavy atom. The fraction of sp³-hybridized carbons (Fsp3) is 0.267. The minimum Gasteiger partial charge on any atom is -0.467 e. The van der Waals surface area contributed by atoms with Crippen molar-refractivity contribution in [3.05, 3.63) is 54.1 Å². The van der Waals surface area contributed by atoms with Crippen molar-refractivity contribution < 1.29 is 27.5 Å². The molecular formula is C15H14F3N3O3. The molecule has 0 aliphatic carbocycles. The van der Waals surface area contributed by atoms with Gasteiger partial charge in [0.2, 0.25) is 0 Å². The second-order valence-corrected chi connectivity index (χ2v) is 4.90. The van der Waals surface area contributed by atoms with E-state index < -0.39 is 29.8 Å². The first-order valence-corrected chi connectivity index (χ1v) is 6.84. The van der Waals surface area contributed by atoms with Gasteiger partial charge in [0.15, 0.2) is 0 Å². The lowest BCUT2D eigenvalue weighted by Gasteiger charge is -2.17. The number of ether oxygens (including phenoxy) is 1. The highest BCUT2D eigenvalue weighted by Gasteiger charge is 2.31. The van der Waals surface area contributed by atoms with E-state index in [4.69, 9.17) is 0 Å². The summed E-state index contributed by atoms with van der Waals surface area (Å²) >= 11 is 0. The molecule has 0 spiro atoms. The number of nitrogens with zero attached hydrogens (tertiary/aromatic N) is 2. The number of benzene rings is 1. The molecule has 0 aliphatic heterocycles. The number of carbonyl (C=O) groups is 2. The van der Waals surface area contributed by atoms with E-state index >= 15 is 0 Å². The lowest BCUT2D eigenvalue weighted by atomic mass is 10.0. The summed E-state index contributed by atoms with van der Waals surface area (Å²) in [6.45, 7) is 0. The second kappa shape index (κ2) is 7.16. The van der Waals surface area contributed by atoms with E-state index in [0.29, 0.717) is 0 Å². The summed E-state index contributed by atoms with van der Waals surface area (Å²) in [5, 5.41) is 2.41. The third kappa shape index (κ3) is 4.34. The quantitative estimate of drug-likeness (QED) is 0.866. The van der Waals surface area contributed by atoms with Crippen LogP contribution in [0.2, 0.25) is 0 Å². The van der Waals surface area contributed by atoms with E-state index in [1.54, 1.807) is 0 Å². The summed E-state index contributed by atoms with van der Waals surface area (Å²) in [4.78, 5) is 27.5. The first kappa shape index (κ1) is 17.5. The number of imidazole rings is 1. The number of halogens is 3. The van der Waals surface area contributed by atoms with Gasteiger partial charge in [0.1, 0.15) is 12.4 Å². The van der Waals surface area contributed by atoms with Crippen LogP contribution in [0, 0.1) is 0 Å². The van der Waals surface area contributed by atoms with Gasteiger partial charge in [-0.15, -0.1) is 0 Å². The molecular weight excluding hydrogens is 327 g/mol. The van der Waals surface area contributed by atoms with E-state index in [1.807, 2.05) is 0 Å². The Morgan fingerprint density at radius 1 is 1.38 bits per heavy atom. The Bertz CT molecular complexity index is 714. The van der Waals surface area contributed by atoms with E-state index in [9.17, 15) is 22.8 Å². The Hall–Kier alpha value is -2.84. The molecule has 1 aromatic carbocycles. The summed E-state index contributed by atoms with van der Waals surface area (Å²) < 4.78 is 44.0. The van der Waals surface area contributed by atoms with E-state index in [-0.39, 0.29) is 12.0 Å². The van der Waals surface area contributed by atoms with Crippen LogP contribution in [0.5, 0.6) is 0 Å². The Balaban J connectivity index is 2.17. The number of carbonyl (C=O) groups excluding carboxylic acids is 2. The third-order valence-electron chi connectivity index (χ3n) is 3.22. The molecule has 0 radical (unpaired) electrons. The lowest BCUT2D eigenvalue weighted by molar-refractivity contribution is -0.142. The van der Waals surface area contributed by atoms with Crippen LogP contribution >= 0.6 is 0 Å². The molecule has 24 heavy (non-hydrogen) atoms. The minimum absolute atomic E-state index is 0.142. The molecule has 0 bridgehead atoms. The highest BCUT2D eigenvalue weighted by atomic mass is 19.4. The second-order valence-electron chi connectivity index (χ2n) is 4.90. The SMILES string of the molecule is COC(=O)[C@H](Cc1cccc(C(F)(F)F)c1)NC(=O)n1ccnc1. The molecule has 6 nitrogen and oxygen atoms in total. The number of rotatable bonds is 4. The standard InChI is InChI=1S/C15H14F3N3O3/c1-24-13(22)12(20-14(23)21-6-5-19-9-21)8-10-3-2-4-11(7-10)15(16,17)18/h2-7,9,12H,8H2,1H3,(H,20,23)/t12-/m0/s1. The number of aromatic nitrogens is 2. The van der Waals surface area contributed by atoms with Crippen molar-refractivity contribution in [2.45, 2.75) is 18.6 Å². The van der Waals surface area contributed by atoms with Gasteiger partial charge in [-0.3, -0.25) is 4.57 Å². The van der Waals surface area contributed by atoms with Gasteiger partial charge in [0.05, 0.1) is 12.7 Å². The Morgan fingerprint density at radius 3 is 2.71 bits per heavy atom. The van der Waals surface area contributed by atoms with Crippen LogP contribution in [-0.2, 0) is 22.1 Å². The van der Waals surface area contributed by atoms with E-state index in [1.165, 1.54) is 30.9 Å². The lowest BCUT2D eigenvalue weighted by Crippen LogP contribution is -2.44. The van der Waals surface area contributed by atoms with Gasteiger partial charge in [0.25, 0.3) is 0 Å². The smallest absolute Gasteiger partial charge is 0.416 e. The van der Waals surface area contributed by atoms with Crippen molar-refractivity contribution in [2.75, 3.05) is 7.11 Å². The average molecular weight is 341 g/mol. The monoisotopic (exact) mass is 341 g/mol. The number of hydrogen-bond donors (Lipinski definition) is 1. The molecule has 0 saturated carbocycles. The Labute approximate surface area is 135 Å². The van der Waals surface area contributed by atoms with E-state index in [2.05, 4.69) is 15.0 Å². The topological polar surface area (TPSA) is 73.2 Å².